The fourth-order valence-corrected chi connectivity index (χ4v) is 1.46. The minimum Gasteiger partial charge on any atom is -0.361 e. The highest BCUT2D eigenvalue weighted by molar-refractivity contribution is 5.69. The van der Waals surface area contributed by atoms with Crippen molar-refractivity contribution in [1.29, 1.82) is 0 Å². The van der Waals surface area contributed by atoms with E-state index in [1.54, 1.807) is 18.6 Å². The minimum atomic E-state index is 0.824. The highest BCUT2D eigenvalue weighted by atomic mass is 16.5. The lowest BCUT2D eigenvalue weighted by Crippen LogP contribution is -1.83. The van der Waals surface area contributed by atoms with Gasteiger partial charge >= 0.3 is 0 Å². The van der Waals surface area contributed by atoms with Crippen molar-refractivity contribution < 1.29 is 4.52 Å². The maximum Gasteiger partial charge on any atom is 0.143 e. The van der Waals surface area contributed by atoms with E-state index >= 15 is 0 Å². The van der Waals surface area contributed by atoms with Crippen molar-refractivity contribution in [2.75, 3.05) is 0 Å². The minimum absolute atomic E-state index is 0.824. The number of rotatable bonds is 3. The van der Waals surface area contributed by atoms with E-state index < -0.39 is 0 Å². The van der Waals surface area contributed by atoms with Gasteiger partial charge in [-0.3, -0.25) is 9.97 Å². The largest absolute Gasteiger partial charge is 0.361 e. The summed E-state index contributed by atoms with van der Waals surface area (Å²) in [4.78, 5) is 8.16. The molecule has 82 valence electrons. The Morgan fingerprint density at radius 2 is 2.19 bits per heavy atom. The van der Waals surface area contributed by atoms with Gasteiger partial charge in [0.15, 0.2) is 0 Å². The van der Waals surface area contributed by atoms with Gasteiger partial charge in [0.1, 0.15) is 5.76 Å². The maximum absolute atomic E-state index is 5.20. The lowest BCUT2D eigenvalue weighted by Gasteiger charge is -1.92. The van der Waals surface area contributed by atoms with Crippen LogP contribution < -0.4 is 0 Å². The fraction of sp³-hybridized carbons (Fsp3) is 0.250. The molecule has 2 heterocycles. The third-order valence-electron chi connectivity index (χ3n) is 2.31. The average molecular weight is 215 g/mol. The van der Waals surface area contributed by atoms with Crippen LogP contribution in [0.3, 0.4) is 0 Å². The molecule has 0 spiro atoms. The van der Waals surface area contributed by atoms with Crippen LogP contribution in [0.5, 0.6) is 0 Å². The van der Waals surface area contributed by atoms with E-state index in [0.29, 0.717) is 0 Å². The normalized spacial score (nSPS) is 11.1. The standard InChI is InChI=1S/C12H13N3O/c1-3-12-11(9(2)15-16-12)5-4-10-8-13-6-7-14-10/h4-8H,3H2,1-2H3. The molecule has 0 saturated heterocycles. The van der Waals surface area contributed by atoms with Crippen LogP contribution in [0.1, 0.15) is 29.6 Å². The first-order valence-corrected chi connectivity index (χ1v) is 5.20. The Morgan fingerprint density at radius 1 is 1.31 bits per heavy atom. The first kappa shape index (κ1) is 10.5. The lowest BCUT2D eigenvalue weighted by molar-refractivity contribution is 0.383. The first-order chi connectivity index (χ1) is 7.81. The molecule has 0 fully saturated rings. The fourth-order valence-electron chi connectivity index (χ4n) is 1.46. The zero-order valence-corrected chi connectivity index (χ0v) is 9.34. The number of hydrogen-bond acceptors (Lipinski definition) is 4. The Labute approximate surface area is 94.0 Å². The molecule has 4 heteroatoms. The molecule has 2 aromatic rings. The summed E-state index contributed by atoms with van der Waals surface area (Å²) in [6, 6.07) is 0. The molecule has 16 heavy (non-hydrogen) atoms. The highest BCUT2D eigenvalue weighted by Gasteiger charge is 2.07. The molecule has 0 aliphatic rings. The Balaban J connectivity index is 2.27. The highest BCUT2D eigenvalue weighted by Crippen LogP contribution is 2.16. The number of aryl methyl sites for hydroxylation is 2. The summed E-state index contributed by atoms with van der Waals surface area (Å²) in [5.41, 5.74) is 2.76. The van der Waals surface area contributed by atoms with Crippen LogP contribution in [0.2, 0.25) is 0 Å². The van der Waals surface area contributed by atoms with Crippen LogP contribution in [-0.2, 0) is 6.42 Å². The van der Waals surface area contributed by atoms with E-state index in [0.717, 1.165) is 29.1 Å². The quantitative estimate of drug-likeness (QED) is 0.789. The smallest absolute Gasteiger partial charge is 0.143 e. The van der Waals surface area contributed by atoms with Crippen molar-refractivity contribution in [3.8, 4) is 0 Å². The van der Waals surface area contributed by atoms with Crippen LogP contribution in [0.15, 0.2) is 23.1 Å². The van der Waals surface area contributed by atoms with Gasteiger partial charge in [-0.15, -0.1) is 0 Å². The van der Waals surface area contributed by atoms with Crippen molar-refractivity contribution in [2.24, 2.45) is 0 Å². The summed E-state index contributed by atoms with van der Waals surface area (Å²) in [6.07, 6.45) is 9.74. The zero-order valence-electron chi connectivity index (χ0n) is 9.34. The second-order valence-corrected chi connectivity index (χ2v) is 3.42. The monoisotopic (exact) mass is 215 g/mol. The van der Waals surface area contributed by atoms with Crippen molar-refractivity contribution in [1.82, 2.24) is 15.1 Å². The van der Waals surface area contributed by atoms with Gasteiger partial charge in [-0.25, -0.2) is 0 Å². The van der Waals surface area contributed by atoms with Gasteiger partial charge < -0.3 is 4.52 Å². The van der Waals surface area contributed by atoms with Crippen LogP contribution in [-0.4, -0.2) is 15.1 Å². The summed E-state index contributed by atoms with van der Waals surface area (Å²) in [7, 11) is 0. The average Bonchev–Trinajstić information content (AvgIpc) is 2.69. The molecule has 0 bridgehead atoms. The SMILES string of the molecule is CCc1onc(C)c1C=Cc1cnccn1. The number of nitrogens with zero attached hydrogens (tertiary/aromatic N) is 3. The molecule has 0 unspecified atom stereocenters. The molecule has 0 radical (unpaired) electrons. The lowest BCUT2D eigenvalue weighted by atomic mass is 10.1. The maximum atomic E-state index is 5.20. The molecule has 0 N–H and O–H groups in total. The van der Waals surface area contributed by atoms with Crippen LogP contribution >= 0.6 is 0 Å². The summed E-state index contributed by atoms with van der Waals surface area (Å²) < 4.78 is 5.20. The van der Waals surface area contributed by atoms with Gasteiger partial charge in [0.2, 0.25) is 0 Å². The Kier molecular flexibility index (Phi) is 3.10. The molecule has 4 nitrogen and oxygen atoms in total. The van der Waals surface area contributed by atoms with Crippen LogP contribution in [0.25, 0.3) is 12.2 Å². The molecular formula is C12H13N3O. The molecule has 0 saturated carbocycles. The first-order valence-electron chi connectivity index (χ1n) is 5.20. The third kappa shape index (κ3) is 2.16. The van der Waals surface area contributed by atoms with E-state index in [1.807, 2.05) is 26.0 Å². The van der Waals surface area contributed by atoms with Gasteiger partial charge in [-0.05, 0) is 19.1 Å². The van der Waals surface area contributed by atoms with E-state index in [1.165, 1.54) is 0 Å². The van der Waals surface area contributed by atoms with Crippen LogP contribution in [0.4, 0.5) is 0 Å². The molecule has 0 amide bonds. The van der Waals surface area contributed by atoms with E-state index in [-0.39, 0.29) is 0 Å². The van der Waals surface area contributed by atoms with Gasteiger partial charge in [0.05, 0.1) is 17.6 Å². The Morgan fingerprint density at radius 3 is 2.88 bits per heavy atom. The molecule has 0 aliphatic carbocycles. The number of aromatic nitrogens is 3. The van der Waals surface area contributed by atoms with E-state index in [4.69, 9.17) is 4.52 Å². The molecule has 0 aliphatic heterocycles. The molecule has 2 rings (SSSR count). The molecule has 2 aromatic heterocycles. The van der Waals surface area contributed by atoms with Gasteiger partial charge in [-0.1, -0.05) is 12.1 Å². The van der Waals surface area contributed by atoms with Gasteiger partial charge in [0.25, 0.3) is 0 Å². The van der Waals surface area contributed by atoms with E-state index in [9.17, 15) is 0 Å². The summed E-state index contributed by atoms with van der Waals surface area (Å²) in [5, 5.41) is 3.94. The zero-order chi connectivity index (χ0) is 11.4. The Bertz CT molecular complexity index is 488. The summed E-state index contributed by atoms with van der Waals surface area (Å²) in [5.74, 6) is 0.901. The van der Waals surface area contributed by atoms with E-state index in [2.05, 4.69) is 15.1 Å². The summed E-state index contributed by atoms with van der Waals surface area (Å²) in [6.45, 7) is 3.97. The Hall–Kier alpha value is -1.97. The molecule has 0 aromatic carbocycles. The van der Waals surface area contributed by atoms with Gasteiger partial charge in [0, 0.05) is 24.4 Å². The van der Waals surface area contributed by atoms with Gasteiger partial charge in [-0.2, -0.15) is 0 Å². The van der Waals surface area contributed by atoms with Crippen LogP contribution in [0, 0.1) is 6.92 Å². The topological polar surface area (TPSA) is 51.8 Å². The molecular weight excluding hydrogens is 202 g/mol. The molecule has 0 atom stereocenters. The predicted octanol–water partition coefficient (Wildman–Crippen LogP) is 2.51. The third-order valence-corrected chi connectivity index (χ3v) is 2.31. The predicted molar refractivity (Wildman–Crippen MR) is 61.6 cm³/mol. The summed E-state index contributed by atoms with van der Waals surface area (Å²) >= 11 is 0. The van der Waals surface area contributed by atoms with Crippen molar-refractivity contribution in [3.05, 3.63) is 41.3 Å². The van der Waals surface area contributed by atoms with Crippen molar-refractivity contribution in [3.63, 3.8) is 0 Å². The van der Waals surface area contributed by atoms with Crippen molar-refractivity contribution >= 4 is 12.2 Å². The van der Waals surface area contributed by atoms with Crippen molar-refractivity contribution in [2.45, 2.75) is 20.3 Å². The number of hydrogen-bond donors (Lipinski definition) is 0. The second kappa shape index (κ2) is 4.70. The second-order valence-electron chi connectivity index (χ2n) is 3.42.